The number of ether oxygens (including phenoxy) is 3. The molecule has 138 valence electrons. The first-order valence-corrected chi connectivity index (χ1v) is 9.45. The molecule has 3 rings (SSSR count). The second-order valence-corrected chi connectivity index (χ2v) is 7.13. The van der Waals surface area contributed by atoms with Crippen LogP contribution in [0.1, 0.15) is 37.7 Å². The Labute approximate surface area is 150 Å². The molecule has 1 aliphatic carbocycles. The van der Waals surface area contributed by atoms with E-state index in [1.807, 2.05) is 24.3 Å². The summed E-state index contributed by atoms with van der Waals surface area (Å²) in [7, 11) is 0. The average Bonchev–Trinajstić information content (AvgIpc) is 2.92. The fraction of sp³-hybridized carbons (Fsp3) is 0.619. The summed E-state index contributed by atoms with van der Waals surface area (Å²) in [5.74, 6) is 0.309. The third-order valence-corrected chi connectivity index (χ3v) is 5.32. The summed E-state index contributed by atoms with van der Waals surface area (Å²) in [6.07, 6.45) is 6.00. The molecular weight excluding hydrogens is 316 g/mol. The zero-order chi connectivity index (χ0) is 17.5. The van der Waals surface area contributed by atoms with E-state index in [1.165, 1.54) is 0 Å². The van der Waals surface area contributed by atoms with Crippen LogP contribution in [0.15, 0.2) is 43.0 Å². The molecule has 1 aromatic carbocycles. The van der Waals surface area contributed by atoms with Gasteiger partial charge in [-0.3, -0.25) is 0 Å². The SMILES string of the molecule is C=CC[C@@H]1[C@@H](COCc2ccccc2)[C@H](OC2CCCCO2)C[C@@H]1O. The van der Waals surface area contributed by atoms with E-state index in [2.05, 4.69) is 18.7 Å². The third-order valence-electron chi connectivity index (χ3n) is 5.32. The monoisotopic (exact) mass is 346 g/mol. The Kier molecular flexibility index (Phi) is 7.05. The molecule has 25 heavy (non-hydrogen) atoms. The molecule has 1 saturated carbocycles. The molecule has 1 heterocycles. The van der Waals surface area contributed by atoms with Crippen molar-refractivity contribution in [2.75, 3.05) is 13.2 Å². The molecule has 0 amide bonds. The van der Waals surface area contributed by atoms with E-state index in [9.17, 15) is 5.11 Å². The van der Waals surface area contributed by atoms with E-state index in [0.717, 1.165) is 37.9 Å². The van der Waals surface area contributed by atoms with Crippen LogP contribution in [0.5, 0.6) is 0 Å². The van der Waals surface area contributed by atoms with E-state index in [4.69, 9.17) is 14.2 Å². The molecular formula is C21H30O4. The number of hydrogen-bond acceptors (Lipinski definition) is 4. The molecule has 0 bridgehead atoms. The minimum Gasteiger partial charge on any atom is -0.393 e. The van der Waals surface area contributed by atoms with Crippen molar-refractivity contribution in [2.45, 2.75) is 57.2 Å². The van der Waals surface area contributed by atoms with E-state index in [0.29, 0.717) is 19.6 Å². The standard InChI is InChI=1S/C21H30O4/c1-2-8-17-18(15-23-14-16-9-4-3-5-10-16)20(13-19(17)22)25-21-11-6-7-12-24-21/h2-5,9-10,17-22H,1,6-8,11-15H2/t17-,18-,19+,20-,21?/m1/s1. The van der Waals surface area contributed by atoms with Crippen LogP contribution in [0.2, 0.25) is 0 Å². The van der Waals surface area contributed by atoms with Crippen molar-refractivity contribution in [1.29, 1.82) is 0 Å². The van der Waals surface area contributed by atoms with Crippen LogP contribution in [0, 0.1) is 11.8 Å². The topological polar surface area (TPSA) is 47.9 Å². The van der Waals surface area contributed by atoms with Crippen LogP contribution in [-0.2, 0) is 20.8 Å². The summed E-state index contributed by atoms with van der Waals surface area (Å²) in [5.41, 5.74) is 1.16. The van der Waals surface area contributed by atoms with Crippen LogP contribution >= 0.6 is 0 Å². The Bertz CT molecular complexity index is 512. The average molecular weight is 346 g/mol. The van der Waals surface area contributed by atoms with E-state index >= 15 is 0 Å². The van der Waals surface area contributed by atoms with Crippen LogP contribution in [-0.4, -0.2) is 36.8 Å². The van der Waals surface area contributed by atoms with Gasteiger partial charge in [-0.2, -0.15) is 0 Å². The highest BCUT2D eigenvalue weighted by Crippen LogP contribution is 2.38. The van der Waals surface area contributed by atoms with Gasteiger partial charge in [0.15, 0.2) is 6.29 Å². The lowest BCUT2D eigenvalue weighted by Gasteiger charge is -2.30. The Hall–Kier alpha value is -1.20. The molecule has 4 nitrogen and oxygen atoms in total. The molecule has 2 fully saturated rings. The van der Waals surface area contributed by atoms with Gasteiger partial charge >= 0.3 is 0 Å². The lowest BCUT2D eigenvalue weighted by Crippen LogP contribution is -2.33. The van der Waals surface area contributed by atoms with Crippen molar-refractivity contribution >= 4 is 0 Å². The highest BCUT2D eigenvalue weighted by molar-refractivity contribution is 5.13. The third kappa shape index (κ3) is 5.14. The first-order chi connectivity index (χ1) is 12.3. The molecule has 1 aromatic rings. The maximum Gasteiger partial charge on any atom is 0.157 e. The van der Waals surface area contributed by atoms with Crippen LogP contribution in [0.3, 0.4) is 0 Å². The molecule has 0 spiro atoms. The van der Waals surface area contributed by atoms with Gasteiger partial charge in [0.2, 0.25) is 0 Å². The first kappa shape index (κ1) is 18.6. The van der Waals surface area contributed by atoms with Crippen molar-refractivity contribution in [1.82, 2.24) is 0 Å². The second-order valence-electron chi connectivity index (χ2n) is 7.13. The van der Waals surface area contributed by atoms with Crippen LogP contribution < -0.4 is 0 Å². The molecule has 4 heteroatoms. The Morgan fingerprint density at radius 3 is 2.76 bits per heavy atom. The molecule has 2 aliphatic rings. The van der Waals surface area contributed by atoms with Crippen molar-refractivity contribution in [2.24, 2.45) is 11.8 Å². The van der Waals surface area contributed by atoms with Gasteiger partial charge in [0.1, 0.15) is 0 Å². The summed E-state index contributed by atoms with van der Waals surface area (Å²) in [6, 6.07) is 10.2. The number of benzene rings is 1. The maximum absolute atomic E-state index is 10.5. The number of rotatable bonds is 8. The maximum atomic E-state index is 10.5. The molecule has 0 aromatic heterocycles. The van der Waals surface area contributed by atoms with Gasteiger partial charge in [-0.05, 0) is 37.2 Å². The predicted octanol–water partition coefficient (Wildman–Crippen LogP) is 3.69. The zero-order valence-corrected chi connectivity index (χ0v) is 14.9. The molecule has 1 N–H and O–H groups in total. The minimum absolute atomic E-state index is 0.0150. The summed E-state index contributed by atoms with van der Waals surface area (Å²) >= 11 is 0. The molecule has 1 unspecified atom stereocenters. The lowest BCUT2D eigenvalue weighted by molar-refractivity contribution is -0.199. The van der Waals surface area contributed by atoms with Gasteiger partial charge in [0, 0.05) is 18.9 Å². The van der Waals surface area contributed by atoms with Gasteiger partial charge in [-0.25, -0.2) is 0 Å². The quantitative estimate of drug-likeness (QED) is 0.729. The predicted molar refractivity (Wildman–Crippen MR) is 97.0 cm³/mol. The van der Waals surface area contributed by atoms with Crippen LogP contribution in [0.25, 0.3) is 0 Å². The Morgan fingerprint density at radius 1 is 1.20 bits per heavy atom. The number of allylic oxidation sites excluding steroid dienone is 1. The van der Waals surface area contributed by atoms with E-state index in [-0.39, 0.29) is 30.3 Å². The molecule has 1 saturated heterocycles. The summed E-state index contributed by atoms with van der Waals surface area (Å²) in [5, 5.41) is 10.5. The van der Waals surface area contributed by atoms with E-state index in [1.54, 1.807) is 0 Å². The van der Waals surface area contributed by atoms with Gasteiger partial charge in [0.25, 0.3) is 0 Å². The van der Waals surface area contributed by atoms with Gasteiger partial charge in [-0.1, -0.05) is 36.4 Å². The van der Waals surface area contributed by atoms with Gasteiger partial charge in [-0.15, -0.1) is 6.58 Å². The number of hydrogen-bond donors (Lipinski definition) is 1. The van der Waals surface area contributed by atoms with Gasteiger partial charge in [0.05, 0.1) is 25.4 Å². The van der Waals surface area contributed by atoms with Gasteiger partial charge < -0.3 is 19.3 Å². The second kappa shape index (κ2) is 9.48. The number of aliphatic hydroxyl groups is 1. The molecule has 0 radical (unpaired) electrons. The van der Waals surface area contributed by atoms with Crippen molar-refractivity contribution < 1.29 is 19.3 Å². The zero-order valence-electron chi connectivity index (χ0n) is 14.9. The van der Waals surface area contributed by atoms with E-state index < -0.39 is 0 Å². The van der Waals surface area contributed by atoms with Crippen molar-refractivity contribution in [3.05, 3.63) is 48.6 Å². The van der Waals surface area contributed by atoms with Crippen LogP contribution in [0.4, 0.5) is 0 Å². The Morgan fingerprint density at radius 2 is 2.04 bits per heavy atom. The highest BCUT2D eigenvalue weighted by atomic mass is 16.7. The fourth-order valence-electron chi connectivity index (χ4n) is 3.96. The minimum atomic E-state index is -0.364. The fourth-order valence-corrected chi connectivity index (χ4v) is 3.96. The lowest BCUT2D eigenvalue weighted by atomic mass is 9.91. The van der Waals surface area contributed by atoms with Crippen molar-refractivity contribution in [3.63, 3.8) is 0 Å². The summed E-state index contributed by atoms with van der Waals surface area (Å²) in [4.78, 5) is 0. The smallest absolute Gasteiger partial charge is 0.157 e. The highest BCUT2D eigenvalue weighted by Gasteiger charge is 2.43. The largest absolute Gasteiger partial charge is 0.393 e. The summed E-state index contributed by atoms with van der Waals surface area (Å²) in [6.45, 7) is 5.78. The van der Waals surface area contributed by atoms with Crippen molar-refractivity contribution in [3.8, 4) is 0 Å². The summed E-state index contributed by atoms with van der Waals surface area (Å²) < 4.78 is 17.9. The normalized spacial score (nSPS) is 32.6. The molecule has 5 atom stereocenters. The number of aliphatic hydroxyl groups excluding tert-OH is 1. The molecule has 1 aliphatic heterocycles. The Balaban J connectivity index is 1.58. The first-order valence-electron chi connectivity index (χ1n) is 9.45.